The summed E-state index contributed by atoms with van der Waals surface area (Å²) < 4.78 is 33.5. The van der Waals surface area contributed by atoms with Gasteiger partial charge in [0.15, 0.2) is 0 Å². The van der Waals surface area contributed by atoms with Crippen molar-refractivity contribution < 1.29 is 18.3 Å². The van der Waals surface area contributed by atoms with E-state index in [1.165, 1.54) is 36.4 Å². The molecule has 3 rings (SSSR count). The molecule has 0 bridgehead atoms. The Morgan fingerprint density at radius 1 is 1.04 bits per heavy atom. The fourth-order valence-corrected chi connectivity index (χ4v) is 3.09. The van der Waals surface area contributed by atoms with E-state index in [0.29, 0.717) is 10.8 Å². The first-order valence-electron chi connectivity index (χ1n) is 8.88. The Morgan fingerprint density at radius 2 is 1.85 bits per heavy atom. The van der Waals surface area contributed by atoms with Crippen LogP contribution in [-0.2, 0) is 6.42 Å². The molecule has 0 aliphatic carbocycles. The number of aryl methyl sites for hydroxylation is 1. The summed E-state index contributed by atoms with van der Waals surface area (Å²) in [6.07, 6.45) is 3.93. The van der Waals surface area contributed by atoms with Gasteiger partial charge in [-0.25, -0.2) is 13.6 Å². The van der Waals surface area contributed by atoms with Crippen LogP contribution in [0.5, 0.6) is 5.75 Å². The zero-order valence-corrected chi connectivity index (χ0v) is 15.7. The number of halogens is 3. The lowest BCUT2D eigenvalue weighted by molar-refractivity contribution is 0.0730. The zero-order chi connectivity index (χ0) is 19.4. The molecule has 0 heterocycles. The molecule has 2 nitrogen and oxygen atoms in total. The molecule has 0 saturated carbocycles. The van der Waals surface area contributed by atoms with E-state index in [4.69, 9.17) is 16.3 Å². The van der Waals surface area contributed by atoms with Crippen LogP contribution < -0.4 is 4.74 Å². The summed E-state index contributed by atoms with van der Waals surface area (Å²) in [4.78, 5) is 12.3. The Bertz CT molecular complexity index is 985. The van der Waals surface area contributed by atoms with E-state index in [2.05, 4.69) is 6.92 Å². The third-order valence-corrected chi connectivity index (χ3v) is 4.70. The summed E-state index contributed by atoms with van der Waals surface area (Å²) in [5.74, 6) is -1.72. The largest absolute Gasteiger partial charge is 0.423 e. The molecule has 0 amide bonds. The van der Waals surface area contributed by atoms with E-state index < -0.39 is 17.6 Å². The van der Waals surface area contributed by atoms with Crippen LogP contribution in [0.2, 0.25) is 5.02 Å². The van der Waals surface area contributed by atoms with Crippen LogP contribution >= 0.6 is 11.6 Å². The van der Waals surface area contributed by atoms with Gasteiger partial charge in [0.1, 0.15) is 17.4 Å². The maximum atomic E-state index is 14.3. The van der Waals surface area contributed by atoms with Gasteiger partial charge in [0.2, 0.25) is 0 Å². The summed E-state index contributed by atoms with van der Waals surface area (Å²) >= 11 is 5.76. The average Bonchev–Trinajstić information content (AvgIpc) is 2.65. The van der Waals surface area contributed by atoms with E-state index in [0.717, 1.165) is 31.2 Å². The molecule has 0 unspecified atom stereocenters. The minimum absolute atomic E-state index is 0.0216. The molecule has 0 saturated heterocycles. The fourth-order valence-electron chi connectivity index (χ4n) is 2.93. The van der Waals surface area contributed by atoms with Crippen LogP contribution in [0, 0.1) is 11.6 Å². The van der Waals surface area contributed by atoms with E-state index in [1.807, 2.05) is 0 Å². The molecular weight excluding hydrogens is 370 g/mol. The summed E-state index contributed by atoms with van der Waals surface area (Å²) in [5.41, 5.74) is 0.729. The van der Waals surface area contributed by atoms with Crippen molar-refractivity contribution in [2.45, 2.75) is 32.6 Å². The highest BCUT2D eigenvalue weighted by molar-refractivity contribution is 6.31. The standard InChI is InChI=1S/C22H19ClF2O2/c1-2-3-4-5-14-6-9-18(20(24)12-14)22(26)27-16-8-10-17-15(13-16)7-11-19(23)21(17)25/h6-13H,2-5H2,1H3. The second kappa shape index (κ2) is 8.49. The minimum Gasteiger partial charge on any atom is -0.423 e. The van der Waals surface area contributed by atoms with Crippen LogP contribution in [0.15, 0.2) is 48.5 Å². The van der Waals surface area contributed by atoms with Gasteiger partial charge in [0.25, 0.3) is 0 Å². The molecule has 0 N–H and O–H groups in total. The Morgan fingerprint density at radius 3 is 2.59 bits per heavy atom. The van der Waals surface area contributed by atoms with E-state index in [9.17, 15) is 13.6 Å². The van der Waals surface area contributed by atoms with Crippen molar-refractivity contribution in [1.82, 2.24) is 0 Å². The summed E-state index contributed by atoms with van der Waals surface area (Å²) in [6.45, 7) is 2.11. The Hall–Kier alpha value is -2.46. The van der Waals surface area contributed by atoms with Crippen molar-refractivity contribution >= 4 is 28.3 Å². The number of rotatable bonds is 6. The quantitative estimate of drug-likeness (QED) is 0.266. The van der Waals surface area contributed by atoms with Crippen molar-refractivity contribution in [3.05, 3.63) is 76.3 Å². The van der Waals surface area contributed by atoms with Crippen LogP contribution in [0.4, 0.5) is 8.78 Å². The van der Waals surface area contributed by atoms with Crippen LogP contribution in [0.1, 0.15) is 42.1 Å². The number of hydrogen-bond donors (Lipinski definition) is 0. The van der Waals surface area contributed by atoms with Crippen molar-refractivity contribution in [3.8, 4) is 5.75 Å². The molecule has 3 aromatic rings. The first kappa shape index (κ1) is 19.3. The van der Waals surface area contributed by atoms with Gasteiger partial charge in [-0.1, -0.05) is 43.5 Å². The number of benzene rings is 3. The highest BCUT2D eigenvalue weighted by Crippen LogP contribution is 2.28. The zero-order valence-electron chi connectivity index (χ0n) is 14.9. The lowest BCUT2D eigenvalue weighted by Gasteiger charge is -2.08. The van der Waals surface area contributed by atoms with Gasteiger partial charge in [0, 0.05) is 5.39 Å². The van der Waals surface area contributed by atoms with Gasteiger partial charge in [-0.05, 0) is 60.2 Å². The first-order chi connectivity index (χ1) is 13.0. The predicted octanol–water partition coefficient (Wildman–Crippen LogP) is 6.72. The molecule has 0 aliphatic heterocycles. The fraction of sp³-hybridized carbons (Fsp3) is 0.227. The van der Waals surface area contributed by atoms with Crippen LogP contribution in [-0.4, -0.2) is 5.97 Å². The van der Waals surface area contributed by atoms with Gasteiger partial charge >= 0.3 is 5.97 Å². The molecule has 0 fully saturated rings. The lowest BCUT2D eigenvalue weighted by atomic mass is 10.0. The summed E-state index contributed by atoms with van der Waals surface area (Å²) in [7, 11) is 0. The normalized spacial score (nSPS) is 11.0. The molecular formula is C22H19ClF2O2. The maximum Gasteiger partial charge on any atom is 0.346 e. The third-order valence-electron chi connectivity index (χ3n) is 4.41. The van der Waals surface area contributed by atoms with Crippen LogP contribution in [0.25, 0.3) is 10.8 Å². The lowest BCUT2D eigenvalue weighted by Crippen LogP contribution is -2.11. The molecule has 0 aromatic heterocycles. The molecule has 140 valence electrons. The van der Waals surface area contributed by atoms with Gasteiger partial charge in [-0.3, -0.25) is 0 Å². The van der Waals surface area contributed by atoms with Crippen molar-refractivity contribution in [3.63, 3.8) is 0 Å². The van der Waals surface area contributed by atoms with Crippen molar-refractivity contribution in [2.75, 3.05) is 0 Å². The Labute approximate surface area is 161 Å². The number of carbonyl (C=O) groups excluding carboxylic acids is 1. The highest BCUT2D eigenvalue weighted by atomic mass is 35.5. The second-order valence-corrected chi connectivity index (χ2v) is 6.81. The third kappa shape index (κ3) is 4.45. The summed E-state index contributed by atoms with van der Waals surface area (Å²) in [6, 6.07) is 12.1. The van der Waals surface area contributed by atoms with Gasteiger partial charge < -0.3 is 4.74 Å². The smallest absolute Gasteiger partial charge is 0.346 e. The average molecular weight is 389 g/mol. The molecule has 5 heteroatoms. The first-order valence-corrected chi connectivity index (χ1v) is 9.25. The number of carbonyl (C=O) groups is 1. The van der Waals surface area contributed by atoms with Gasteiger partial charge in [0.05, 0.1) is 10.6 Å². The van der Waals surface area contributed by atoms with Crippen LogP contribution in [0.3, 0.4) is 0 Å². The maximum absolute atomic E-state index is 14.3. The number of ether oxygens (including phenoxy) is 1. The number of unbranched alkanes of at least 4 members (excludes halogenated alkanes) is 2. The Kier molecular flexibility index (Phi) is 6.07. The van der Waals surface area contributed by atoms with Gasteiger partial charge in [-0.2, -0.15) is 0 Å². The second-order valence-electron chi connectivity index (χ2n) is 6.41. The monoisotopic (exact) mass is 388 g/mol. The molecule has 0 atom stereocenters. The number of esters is 1. The predicted molar refractivity (Wildman–Crippen MR) is 104 cm³/mol. The summed E-state index contributed by atoms with van der Waals surface area (Å²) in [5, 5.41) is 0.882. The molecule has 3 aromatic carbocycles. The van der Waals surface area contributed by atoms with Crippen molar-refractivity contribution in [1.29, 1.82) is 0 Å². The molecule has 0 spiro atoms. The Balaban J connectivity index is 1.77. The topological polar surface area (TPSA) is 26.3 Å². The molecule has 0 radical (unpaired) electrons. The van der Waals surface area contributed by atoms with E-state index in [-0.39, 0.29) is 16.3 Å². The molecule has 27 heavy (non-hydrogen) atoms. The van der Waals surface area contributed by atoms with E-state index in [1.54, 1.807) is 12.1 Å². The molecule has 0 aliphatic rings. The number of hydrogen-bond acceptors (Lipinski definition) is 2. The van der Waals surface area contributed by atoms with Crippen molar-refractivity contribution in [2.24, 2.45) is 0 Å². The minimum atomic E-state index is -0.790. The van der Waals surface area contributed by atoms with Gasteiger partial charge in [-0.15, -0.1) is 0 Å². The highest BCUT2D eigenvalue weighted by Gasteiger charge is 2.15. The SMILES string of the molecule is CCCCCc1ccc(C(=O)Oc2ccc3c(F)c(Cl)ccc3c2)c(F)c1. The van der Waals surface area contributed by atoms with E-state index >= 15 is 0 Å². The number of fused-ring (bicyclic) bond motifs is 1.